The van der Waals surface area contributed by atoms with Crippen molar-refractivity contribution in [2.45, 2.75) is 52.4 Å². The summed E-state index contributed by atoms with van der Waals surface area (Å²) in [5, 5.41) is 0. The fourth-order valence-corrected chi connectivity index (χ4v) is 1.63. The van der Waals surface area contributed by atoms with Crippen molar-refractivity contribution in [1.82, 2.24) is 0 Å². The number of carbonyl (C=O) groups is 1. The van der Waals surface area contributed by atoms with Gasteiger partial charge in [0.15, 0.2) is 0 Å². The molecule has 0 radical (unpaired) electrons. The summed E-state index contributed by atoms with van der Waals surface area (Å²) in [4.78, 5) is 11.6. The lowest BCUT2D eigenvalue weighted by Gasteiger charge is -2.14. The van der Waals surface area contributed by atoms with Crippen molar-refractivity contribution in [2.75, 3.05) is 0 Å². The largest absolute Gasteiger partial charge is 0.491 e. The van der Waals surface area contributed by atoms with Gasteiger partial charge in [-0.15, -0.1) is 0 Å². The molecule has 4 nitrogen and oxygen atoms in total. The summed E-state index contributed by atoms with van der Waals surface area (Å²) in [7, 11) is 0. The Balaban J connectivity index is 2.55. The van der Waals surface area contributed by atoms with E-state index in [1.54, 1.807) is 0 Å². The average molecular weight is 265 g/mol. The fraction of sp³-hybridized carbons (Fsp3) is 0.533. The van der Waals surface area contributed by atoms with Gasteiger partial charge >= 0.3 is 5.97 Å². The van der Waals surface area contributed by atoms with Gasteiger partial charge in [-0.05, 0) is 51.8 Å². The maximum atomic E-state index is 11.6. The number of hydrogen-bond acceptors (Lipinski definition) is 4. The van der Waals surface area contributed by atoms with Crippen LogP contribution in [0.5, 0.6) is 5.75 Å². The molecule has 4 heteroatoms. The molecule has 19 heavy (non-hydrogen) atoms. The van der Waals surface area contributed by atoms with E-state index in [1.165, 1.54) is 0 Å². The Bertz CT molecular complexity index is 398. The molecule has 1 aromatic rings. The van der Waals surface area contributed by atoms with E-state index in [9.17, 15) is 4.79 Å². The first-order valence-electron chi connectivity index (χ1n) is 6.60. The lowest BCUT2D eigenvalue weighted by molar-refractivity contribution is -0.148. The van der Waals surface area contributed by atoms with E-state index in [-0.39, 0.29) is 18.2 Å². The smallest absolute Gasteiger partial charge is 0.323 e. The number of hydrogen-bond donors (Lipinski definition) is 1. The Hall–Kier alpha value is -1.55. The maximum absolute atomic E-state index is 11.6. The minimum atomic E-state index is -0.626. The summed E-state index contributed by atoms with van der Waals surface area (Å²) >= 11 is 0. The lowest BCUT2D eigenvalue weighted by atomic mass is 10.1. The molecule has 0 spiro atoms. The van der Waals surface area contributed by atoms with Crippen molar-refractivity contribution in [3.8, 4) is 5.75 Å². The molecule has 0 saturated heterocycles. The fourth-order valence-electron chi connectivity index (χ4n) is 1.63. The van der Waals surface area contributed by atoms with Gasteiger partial charge in [0.25, 0.3) is 0 Å². The third kappa shape index (κ3) is 5.75. The first-order valence-corrected chi connectivity index (χ1v) is 6.60. The summed E-state index contributed by atoms with van der Waals surface area (Å²) in [5.41, 5.74) is 6.80. The van der Waals surface area contributed by atoms with Crippen LogP contribution in [0.2, 0.25) is 0 Å². The standard InChI is InChI=1S/C15H23NO3/c1-10(2)18-13-7-5-12(6-8-13)9-14(16)15(17)19-11(3)4/h5-8,10-11,14H,9,16H2,1-4H3. The molecule has 0 bridgehead atoms. The van der Waals surface area contributed by atoms with Gasteiger partial charge in [-0.1, -0.05) is 12.1 Å². The molecule has 0 amide bonds. The highest BCUT2D eigenvalue weighted by Crippen LogP contribution is 2.15. The topological polar surface area (TPSA) is 61.5 Å². The molecule has 1 aromatic carbocycles. The molecular weight excluding hydrogens is 242 g/mol. The number of esters is 1. The van der Waals surface area contributed by atoms with Gasteiger partial charge in [0, 0.05) is 0 Å². The van der Waals surface area contributed by atoms with Crippen molar-refractivity contribution < 1.29 is 14.3 Å². The molecule has 106 valence electrons. The Morgan fingerprint density at radius 3 is 2.16 bits per heavy atom. The van der Waals surface area contributed by atoms with Crippen LogP contribution in [-0.4, -0.2) is 24.2 Å². The van der Waals surface area contributed by atoms with Crippen LogP contribution in [0.25, 0.3) is 0 Å². The van der Waals surface area contributed by atoms with E-state index in [4.69, 9.17) is 15.2 Å². The molecule has 1 rings (SSSR count). The molecule has 0 heterocycles. The first-order chi connectivity index (χ1) is 8.88. The van der Waals surface area contributed by atoms with Crippen LogP contribution in [0.15, 0.2) is 24.3 Å². The van der Waals surface area contributed by atoms with E-state index >= 15 is 0 Å². The lowest BCUT2D eigenvalue weighted by Crippen LogP contribution is -2.35. The predicted octanol–water partition coefficient (Wildman–Crippen LogP) is 2.30. The molecule has 0 aliphatic carbocycles. The molecule has 1 atom stereocenters. The van der Waals surface area contributed by atoms with Crippen LogP contribution in [0, 0.1) is 0 Å². The second-order valence-electron chi connectivity index (χ2n) is 5.11. The predicted molar refractivity (Wildman–Crippen MR) is 75.1 cm³/mol. The zero-order chi connectivity index (χ0) is 14.4. The average Bonchev–Trinajstić information content (AvgIpc) is 2.30. The SMILES string of the molecule is CC(C)OC(=O)C(N)Cc1ccc(OC(C)C)cc1. The molecule has 0 aliphatic heterocycles. The van der Waals surface area contributed by atoms with Crippen LogP contribution in [0.1, 0.15) is 33.3 Å². The summed E-state index contributed by atoms with van der Waals surface area (Å²) < 4.78 is 10.6. The van der Waals surface area contributed by atoms with Gasteiger partial charge in [-0.3, -0.25) is 4.79 Å². The van der Waals surface area contributed by atoms with E-state index < -0.39 is 6.04 Å². The zero-order valence-electron chi connectivity index (χ0n) is 12.1. The molecule has 2 N–H and O–H groups in total. The van der Waals surface area contributed by atoms with Gasteiger partial charge in [-0.25, -0.2) is 0 Å². The number of rotatable bonds is 6. The third-order valence-corrected chi connectivity index (χ3v) is 2.41. The van der Waals surface area contributed by atoms with Crippen molar-refractivity contribution >= 4 is 5.97 Å². The number of ether oxygens (including phenoxy) is 2. The van der Waals surface area contributed by atoms with E-state index in [1.807, 2.05) is 52.0 Å². The second-order valence-corrected chi connectivity index (χ2v) is 5.11. The highest BCUT2D eigenvalue weighted by molar-refractivity contribution is 5.76. The third-order valence-electron chi connectivity index (χ3n) is 2.41. The van der Waals surface area contributed by atoms with Crippen molar-refractivity contribution in [2.24, 2.45) is 5.73 Å². The second kappa shape index (κ2) is 7.14. The number of nitrogens with two attached hydrogens (primary N) is 1. The Labute approximate surface area is 114 Å². The van der Waals surface area contributed by atoms with Crippen LogP contribution in [-0.2, 0) is 16.0 Å². The summed E-state index contributed by atoms with van der Waals surface area (Å²) in [6.07, 6.45) is 0.475. The Morgan fingerprint density at radius 2 is 1.68 bits per heavy atom. The molecule has 0 fully saturated rings. The quantitative estimate of drug-likeness (QED) is 0.802. The Kier molecular flexibility index (Phi) is 5.83. The van der Waals surface area contributed by atoms with Crippen molar-refractivity contribution in [1.29, 1.82) is 0 Å². The Morgan fingerprint density at radius 1 is 1.11 bits per heavy atom. The van der Waals surface area contributed by atoms with Crippen LogP contribution in [0.3, 0.4) is 0 Å². The van der Waals surface area contributed by atoms with Gasteiger partial charge in [0.05, 0.1) is 12.2 Å². The monoisotopic (exact) mass is 265 g/mol. The van der Waals surface area contributed by atoms with Crippen LogP contribution < -0.4 is 10.5 Å². The van der Waals surface area contributed by atoms with Crippen LogP contribution >= 0.6 is 0 Å². The van der Waals surface area contributed by atoms with Crippen molar-refractivity contribution in [3.63, 3.8) is 0 Å². The van der Waals surface area contributed by atoms with Crippen LogP contribution in [0.4, 0.5) is 0 Å². The molecule has 0 saturated carbocycles. The minimum absolute atomic E-state index is 0.139. The van der Waals surface area contributed by atoms with E-state index in [0.29, 0.717) is 6.42 Å². The molecular formula is C15H23NO3. The molecule has 1 unspecified atom stereocenters. The minimum Gasteiger partial charge on any atom is -0.491 e. The first kappa shape index (κ1) is 15.5. The molecule has 0 aliphatic rings. The van der Waals surface area contributed by atoms with E-state index in [2.05, 4.69) is 0 Å². The zero-order valence-corrected chi connectivity index (χ0v) is 12.1. The van der Waals surface area contributed by atoms with Gasteiger partial charge in [-0.2, -0.15) is 0 Å². The van der Waals surface area contributed by atoms with Gasteiger partial charge < -0.3 is 15.2 Å². The maximum Gasteiger partial charge on any atom is 0.323 e. The molecule has 0 aromatic heterocycles. The number of benzene rings is 1. The van der Waals surface area contributed by atoms with Crippen molar-refractivity contribution in [3.05, 3.63) is 29.8 Å². The normalized spacial score (nSPS) is 12.6. The van der Waals surface area contributed by atoms with Gasteiger partial charge in [0.2, 0.25) is 0 Å². The van der Waals surface area contributed by atoms with Gasteiger partial charge in [0.1, 0.15) is 11.8 Å². The highest BCUT2D eigenvalue weighted by Gasteiger charge is 2.16. The summed E-state index contributed by atoms with van der Waals surface area (Å²) in [6.45, 7) is 7.57. The summed E-state index contributed by atoms with van der Waals surface area (Å²) in [6, 6.07) is 6.98. The number of carbonyl (C=O) groups excluding carboxylic acids is 1. The van der Waals surface area contributed by atoms with E-state index in [0.717, 1.165) is 11.3 Å². The summed E-state index contributed by atoms with van der Waals surface area (Å²) in [5.74, 6) is 0.453. The highest BCUT2D eigenvalue weighted by atomic mass is 16.5.